The number of likely N-dealkylation sites (tertiary alicyclic amines) is 1. The molecule has 3 nitrogen and oxygen atoms in total. The van der Waals surface area contributed by atoms with E-state index in [1.807, 2.05) is 29.2 Å². The number of hydrogen-bond donors (Lipinski definition) is 0. The van der Waals surface area contributed by atoms with Gasteiger partial charge in [-0.2, -0.15) is 0 Å². The van der Waals surface area contributed by atoms with E-state index in [2.05, 4.69) is 40.8 Å². The molecule has 1 saturated heterocycles. The van der Waals surface area contributed by atoms with Gasteiger partial charge >= 0.3 is 0 Å². The topological polar surface area (TPSA) is 23.6 Å². The zero-order chi connectivity index (χ0) is 20.6. The minimum Gasteiger partial charge on any atom is -0.307 e. The first kappa shape index (κ1) is 20.3. The average molecular weight is 457 g/mol. The number of carbonyl (C=O) groups excluding carboxylic acids is 1. The molecule has 1 spiro atoms. The van der Waals surface area contributed by atoms with Crippen LogP contribution >= 0.6 is 15.9 Å². The first-order valence-electron chi connectivity index (χ1n) is 10.1. The molecule has 0 saturated carbocycles. The second-order valence-electron chi connectivity index (χ2n) is 8.43. The predicted molar refractivity (Wildman–Crippen MR) is 119 cm³/mol. The number of hydrogen-bond acceptors (Lipinski definition) is 2. The molecule has 4 rings (SSSR count). The number of fused-ring (bicyclic) bond motifs is 2. The van der Waals surface area contributed by atoms with Gasteiger partial charge in [-0.3, -0.25) is 9.69 Å². The van der Waals surface area contributed by atoms with Crippen LogP contribution in [0.5, 0.6) is 0 Å². The van der Waals surface area contributed by atoms with Crippen molar-refractivity contribution in [1.29, 1.82) is 0 Å². The lowest BCUT2D eigenvalue weighted by Gasteiger charge is -2.39. The molecule has 29 heavy (non-hydrogen) atoms. The molecule has 5 heteroatoms. The van der Waals surface area contributed by atoms with Crippen LogP contribution in [0.3, 0.4) is 0 Å². The molecule has 2 heterocycles. The van der Waals surface area contributed by atoms with E-state index in [4.69, 9.17) is 0 Å². The Labute approximate surface area is 180 Å². The number of rotatable bonds is 3. The number of amides is 1. The van der Waals surface area contributed by atoms with Gasteiger partial charge < -0.3 is 4.90 Å². The Morgan fingerprint density at radius 1 is 1.17 bits per heavy atom. The standard InChI is InChI=1S/C24H26BrFN2O/c1-17(2)8-11-27-12-9-24(10-13-27)16-28(22-7-6-20(26)15-21(22)24)23(29)18-4-3-5-19(25)14-18/h3-8,14-15H,9-13,16H2,1-2H3. The van der Waals surface area contributed by atoms with Gasteiger partial charge in [-0.05, 0) is 81.7 Å². The lowest BCUT2D eigenvalue weighted by Crippen LogP contribution is -2.46. The number of benzene rings is 2. The first-order valence-corrected chi connectivity index (χ1v) is 10.9. The van der Waals surface area contributed by atoms with Crippen molar-refractivity contribution < 1.29 is 9.18 Å². The van der Waals surface area contributed by atoms with Crippen molar-refractivity contribution >= 4 is 27.5 Å². The molecule has 2 aliphatic heterocycles. The van der Waals surface area contributed by atoms with E-state index >= 15 is 0 Å². The van der Waals surface area contributed by atoms with Crippen molar-refractivity contribution in [2.75, 3.05) is 31.1 Å². The minimum atomic E-state index is -0.230. The summed E-state index contributed by atoms with van der Waals surface area (Å²) in [5.41, 5.74) is 3.65. The molecular weight excluding hydrogens is 431 g/mol. The van der Waals surface area contributed by atoms with E-state index in [1.165, 1.54) is 11.6 Å². The highest BCUT2D eigenvalue weighted by molar-refractivity contribution is 9.10. The number of anilines is 1. The lowest BCUT2D eigenvalue weighted by atomic mass is 9.74. The van der Waals surface area contributed by atoms with E-state index in [0.29, 0.717) is 12.1 Å². The molecule has 0 N–H and O–H groups in total. The summed E-state index contributed by atoms with van der Waals surface area (Å²) in [5, 5.41) is 0. The predicted octanol–water partition coefficient (Wildman–Crippen LogP) is 5.55. The summed E-state index contributed by atoms with van der Waals surface area (Å²) in [6.07, 6.45) is 4.12. The van der Waals surface area contributed by atoms with Crippen LogP contribution in [-0.2, 0) is 5.41 Å². The summed E-state index contributed by atoms with van der Waals surface area (Å²) in [6, 6.07) is 12.3. The Hall–Kier alpha value is -1.98. The maximum absolute atomic E-state index is 14.2. The summed E-state index contributed by atoms with van der Waals surface area (Å²) in [7, 11) is 0. The highest BCUT2D eigenvalue weighted by Crippen LogP contribution is 2.47. The van der Waals surface area contributed by atoms with Gasteiger partial charge in [-0.1, -0.05) is 33.6 Å². The fraction of sp³-hybridized carbons (Fsp3) is 0.375. The van der Waals surface area contributed by atoms with Crippen LogP contribution in [0.2, 0.25) is 0 Å². The lowest BCUT2D eigenvalue weighted by molar-refractivity contribution is 0.0977. The van der Waals surface area contributed by atoms with Crippen molar-refractivity contribution in [3.05, 3.63) is 75.5 Å². The van der Waals surface area contributed by atoms with Crippen molar-refractivity contribution in [2.45, 2.75) is 32.1 Å². The van der Waals surface area contributed by atoms with E-state index < -0.39 is 0 Å². The third kappa shape index (κ3) is 4.03. The minimum absolute atomic E-state index is 0.0250. The maximum Gasteiger partial charge on any atom is 0.258 e. The van der Waals surface area contributed by atoms with Crippen LogP contribution in [-0.4, -0.2) is 37.0 Å². The van der Waals surface area contributed by atoms with Gasteiger partial charge in [0.25, 0.3) is 5.91 Å². The first-order chi connectivity index (χ1) is 13.9. The average Bonchev–Trinajstić information content (AvgIpc) is 3.00. The SMILES string of the molecule is CC(C)=CCN1CCC2(CC1)CN(C(=O)c1cccc(Br)c1)c1ccc(F)cc12. The third-order valence-corrected chi connectivity index (χ3v) is 6.66. The molecule has 1 fully saturated rings. The van der Waals surface area contributed by atoms with Gasteiger partial charge in [-0.15, -0.1) is 0 Å². The molecular formula is C24H26BrFN2O. The normalized spacial score (nSPS) is 18.0. The Kier molecular flexibility index (Phi) is 5.63. The van der Waals surface area contributed by atoms with Crippen molar-refractivity contribution in [1.82, 2.24) is 4.90 Å². The largest absolute Gasteiger partial charge is 0.307 e. The Balaban J connectivity index is 1.62. The molecule has 152 valence electrons. The molecule has 1 amide bonds. The zero-order valence-corrected chi connectivity index (χ0v) is 18.5. The van der Waals surface area contributed by atoms with Crippen molar-refractivity contribution in [2.24, 2.45) is 0 Å². The molecule has 2 aromatic rings. The van der Waals surface area contributed by atoms with Crippen molar-refractivity contribution in [3.8, 4) is 0 Å². The van der Waals surface area contributed by atoms with Crippen LogP contribution < -0.4 is 4.90 Å². The summed E-state index contributed by atoms with van der Waals surface area (Å²) < 4.78 is 15.0. The molecule has 0 aliphatic carbocycles. The fourth-order valence-corrected chi connectivity index (χ4v) is 4.90. The van der Waals surface area contributed by atoms with Crippen LogP contribution in [0, 0.1) is 5.82 Å². The number of halogens is 2. The Morgan fingerprint density at radius 3 is 2.62 bits per heavy atom. The van der Waals surface area contributed by atoms with Gasteiger partial charge in [-0.25, -0.2) is 4.39 Å². The molecule has 2 aliphatic rings. The van der Waals surface area contributed by atoms with E-state index in [0.717, 1.165) is 48.2 Å². The third-order valence-electron chi connectivity index (χ3n) is 6.17. The Morgan fingerprint density at radius 2 is 1.93 bits per heavy atom. The number of allylic oxidation sites excluding steroid dienone is 1. The highest BCUT2D eigenvalue weighted by atomic mass is 79.9. The number of piperidine rings is 1. The zero-order valence-electron chi connectivity index (χ0n) is 16.9. The second kappa shape index (κ2) is 8.04. The van der Waals surface area contributed by atoms with Gasteiger partial charge in [0.1, 0.15) is 5.82 Å². The van der Waals surface area contributed by atoms with Crippen LogP contribution in [0.15, 0.2) is 58.6 Å². The summed E-state index contributed by atoms with van der Waals surface area (Å²) >= 11 is 3.45. The van der Waals surface area contributed by atoms with E-state index in [1.54, 1.807) is 12.1 Å². The van der Waals surface area contributed by atoms with Gasteiger partial charge in [0.2, 0.25) is 0 Å². The highest BCUT2D eigenvalue weighted by Gasteiger charge is 2.46. The van der Waals surface area contributed by atoms with Crippen molar-refractivity contribution in [3.63, 3.8) is 0 Å². The monoisotopic (exact) mass is 456 g/mol. The van der Waals surface area contributed by atoms with E-state index in [9.17, 15) is 9.18 Å². The second-order valence-corrected chi connectivity index (χ2v) is 9.34. The van der Waals surface area contributed by atoms with E-state index in [-0.39, 0.29) is 17.1 Å². The summed E-state index contributed by atoms with van der Waals surface area (Å²) in [5.74, 6) is -0.255. The smallest absolute Gasteiger partial charge is 0.258 e. The van der Waals surface area contributed by atoms with Crippen LogP contribution in [0.25, 0.3) is 0 Å². The summed E-state index contributed by atoms with van der Waals surface area (Å²) in [6.45, 7) is 7.72. The maximum atomic E-state index is 14.2. The Bertz CT molecular complexity index is 959. The van der Waals surface area contributed by atoms with Crippen LogP contribution in [0.4, 0.5) is 10.1 Å². The fourth-order valence-electron chi connectivity index (χ4n) is 4.50. The molecule has 0 aromatic heterocycles. The van der Waals surface area contributed by atoms with Gasteiger partial charge in [0.15, 0.2) is 0 Å². The molecule has 0 atom stereocenters. The number of nitrogens with zero attached hydrogens (tertiary/aromatic N) is 2. The molecule has 0 radical (unpaired) electrons. The molecule has 0 bridgehead atoms. The van der Waals surface area contributed by atoms with Gasteiger partial charge in [0.05, 0.1) is 0 Å². The quantitative estimate of drug-likeness (QED) is 0.565. The molecule has 0 unspecified atom stereocenters. The van der Waals surface area contributed by atoms with Crippen LogP contribution in [0.1, 0.15) is 42.6 Å². The summed E-state index contributed by atoms with van der Waals surface area (Å²) in [4.78, 5) is 17.6. The number of carbonyl (C=O) groups is 1. The van der Waals surface area contributed by atoms with Gasteiger partial charge in [0, 0.05) is 34.2 Å². The molecule has 2 aromatic carbocycles.